The number of aliphatic hydroxyl groups excluding tert-OH is 1. The van der Waals surface area contributed by atoms with Gasteiger partial charge in [-0.1, -0.05) is 12.7 Å². The van der Waals surface area contributed by atoms with Crippen molar-refractivity contribution in [3.63, 3.8) is 0 Å². The Morgan fingerprint density at radius 1 is 1.32 bits per heavy atom. The molecule has 3 N–H and O–H groups in total. The SMILES string of the molecule is C=CCOc1ccc(OCC(O)CNC(C)(C)C)c2c1NC(=O)CC2. The summed E-state index contributed by atoms with van der Waals surface area (Å²) in [6, 6.07) is 3.59. The number of aliphatic hydroxyl groups is 1. The molecule has 1 aromatic rings. The van der Waals surface area contributed by atoms with Crippen LogP contribution in [0.1, 0.15) is 32.8 Å². The van der Waals surface area contributed by atoms with E-state index in [1.165, 1.54) is 0 Å². The number of rotatable bonds is 8. The minimum Gasteiger partial charge on any atom is -0.490 e. The van der Waals surface area contributed by atoms with Crippen molar-refractivity contribution in [2.45, 2.75) is 45.3 Å². The Morgan fingerprint density at radius 2 is 2.04 bits per heavy atom. The van der Waals surface area contributed by atoms with Crippen LogP contribution in [0.25, 0.3) is 0 Å². The number of β-amino-alcohol motifs (C(OH)–C–C–N with tert-alkyl or cyclic N) is 1. The van der Waals surface area contributed by atoms with Crippen molar-refractivity contribution in [2.75, 3.05) is 25.1 Å². The van der Waals surface area contributed by atoms with Crippen molar-refractivity contribution in [2.24, 2.45) is 0 Å². The van der Waals surface area contributed by atoms with Crippen molar-refractivity contribution < 1.29 is 19.4 Å². The molecule has 1 unspecified atom stereocenters. The molecule has 6 nitrogen and oxygen atoms in total. The van der Waals surface area contributed by atoms with E-state index in [0.717, 1.165) is 5.56 Å². The number of hydrogen-bond donors (Lipinski definition) is 3. The molecule has 0 saturated carbocycles. The summed E-state index contributed by atoms with van der Waals surface area (Å²) < 4.78 is 11.4. The molecule has 1 aliphatic rings. The first kappa shape index (κ1) is 19.3. The zero-order valence-corrected chi connectivity index (χ0v) is 15.2. The lowest BCUT2D eigenvalue weighted by Crippen LogP contribution is -2.42. The van der Waals surface area contributed by atoms with Gasteiger partial charge in [0.1, 0.15) is 30.8 Å². The Morgan fingerprint density at radius 3 is 2.72 bits per heavy atom. The summed E-state index contributed by atoms with van der Waals surface area (Å²) in [7, 11) is 0. The van der Waals surface area contributed by atoms with E-state index in [2.05, 4.69) is 17.2 Å². The average Bonchev–Trinajstić information content (AvgIpc) is 2.55. The Hall–Kier alpha value is -2.05. The summed E-state index contributed by atoms with van der Waals surface area (Å²) in [5.41, 5.74) is 1.49. The summed E-state index contributed by atoms with van der Waals surface area (Å²) in [5.74, 6) is 1.23. The van der Waals surface area contributed by atoms with Crippen LogP contribution < -0.4 is 20.1 Å². The van der Waals surface area contributed by atoms with Crippen molar-refractivity contribution >= 4 is 11.6 Å². The van der Waals surface area contributed by atoms with Gasteiger partial charge in [0.2, 0.25) is 5.91 Å². The molecule has 0 saturated heterocycles. The Kier molecular flexibility index (Phi) is 6.45. The number of amides is 1. The molecule has 0 aliphatic carbocycles. The molecule has 0 aromatic heterocycles. The third-order valence-corrected chi connectivity index (χ3v) is 3.75. The molecule has 0 bridgehead atoms. The molecular weight excluding hydrogens is 320 g/mol. The number of benzene rings is 1. The highest BCUT2D eigenvalue weighted by Crippen LogP contribution is 2.38. The van der Waals surface area contributed by atoms with Gasteiger partial charge < -0.3 is 25.2 Å². The van der Waals surface area contributed by atoms with Gasteiger partial charge in [-0.15, -0.1) is 0 Å². The predicted octanol–water partition coefficient (Wildman–Crippen LogP) is 2.26. The van der Waals surface area contributed by atoms with Crippen LogP contribution in [0.3, 0.4) is 0 Å². The lowest BCUT2D eigenvalue weighted by molar-refractivity contribution is -0.116. The van der Waals surface area contributed by atoms with E-state index < -0.39 is 6.10 Å². The molecule has 0 fully saturated rings. The van der Waals surface area contributed by atoms with Crippen molar-refractivity contribution in [1.29, 1.82) is 0 Å². The van der Waals surface area contributed by atoms with Crippen molar-refractivity contribution in [3.05, 3.63) is 30.4 Å². The van der Waals surface area contributed by atoms with E-state index >= 15 is 0 Å². The van der Waals surface area contributed by atoms with Gasteiger partial charge in [0, 0.05) is 24.1 Å². The third-order valence-electron chi connectivity index (χ3n) is 3.75. The quantitative estimate of drug-likeness (QED) is 0.628. The number of carbonyl (C=O) groups excluding carboxylic acids is 1. The van der Waals surface area contributed by atoms with Gasteiger partial charge in [-0.3, -0.25) is 4.79 Å². The second-order valence-corrected chi connectivity index (χ2v) is 7.16. The fraction of sp³-hybridized carbons (Fsp3) is 0.526. The van der Waals surface area contributed by atoms with Gasteiger partial charge in [-0.2, -0.15) is 0 Å². The van der Waals surface area contributed by atoms with Crippen LogP contribution in [-0.2, 0) is 11.2 Å². The summed E-state index contributed by atoms with van der Waals surface area (Å²) >= 11 is 0. The monoisotopic (exact) mass is 348 g/mol. The van der Waals surface area contributed by atoms with E-state index in [-0.39, 0.29) is 18.1 Å². The normalized spacial score (nSPS) is 15.1. The number of ether oxygens (including phenoxy) is 2. The molecule has 1 heterocycles. The number of carbonyl (C=O) groups is 1. The van der Waals surface area contributed by atoms with E-state index in [1.54, 1.807) is 12.1 Å². The lowest BCUT2D eigenvalue weighted by atomic mass is 10.0. The second kappa shape index (κ2) is 8.36. The smallest absolute Gasteiger partial charge is 0.224 e. The van der Waals surface area contributed by atoms with Crippen LogP contribution in [0, 0.1) is 0 Å². The molecule has 0 radical (unpaired) electrons. The topological polar surface area (TPSA) is 79.8 Å². The minimum atomic E-state index is -0.621. The third kappa shape index (κ3) is 5.76. The number of hydrogen-bond acceptors (Lipinski definition) is 5. The number of fused-ring (bicyclic) bond motifs is 1. The van der Waals surface area contributed by atoms with E-state index in [9.17, 15) is 9.90 Å². The van der Waals surface area contributed by atoms with Gasteiger partial charge >= 0.3 is 0 Å². The van der Waals surface area contributed by atoms with Crippen LogP contribution >= 0.6 is 0 Å². The molecule has 1 atom stereocenters. The first-order valence-electron chi connectivity index (χ1n) is 8.55. The van der Waals surface area contributed by atoms with Gasteiger partial charge in [0.25, 0.3) is 0 Å². The Labute approximate surface area is 149 Å². The van der Waals surface area contributed by atoms with Crippen LogP contribution in [-0.4, -0.2) is 42.4 Å². The van der Waals surface area contributed by atoms with Gasteiger partial charge in [-0.05, 0) is 39.3 Å². The van der Waals surface area contributed by atoms with Crippen molar-refractivity contribution in [1.82, 2.24) is 5.32 Å². The lowest BCUT2D eigenvalue weighted by Gasteiger charge is -2.25. The predicted molar refractivity (Wildman–Crippen MR) is 98.3 cm³/mol. The standard InChI is InChI=1S/C19H28N2O4/c1-5-10-24-16-8-7-15(14-6-9-17(23)21-18(14)16)25-12-13(22)11-20-19(2,3)4/h5,7-8,13,20,22H,1,6,9-12H2,2-4H3,(H,21,23). The van der Waals surface area contributed by atoms with Crippen molar-refractivity contribution in [3.8, 4) is 11.5 Å². The number of nitrogens with one attached hydrogen (secondary N) is 2. The second-order valence-electron chi connectivity index (χ2n) is 7.16. The highest BCUT2D eigenvalue weighted by atomic mass is 16.5. The van der Waals surface area contributed by atoms with Crippen LogP contribution in [0.5, 0.6) is 11.5 Å². The zero-order valence-electron chi connectivity index (χ0n) is 15.2. The first-order chi connectivity index (χ1) is 11.8. The highest BCUT2D eigenvalue weighted by molar-refractivity contribution is 5.96. The molecule has 138 valence electrons. The largest absolute Gasteiger partial charge is 0.490 e. The summed E-state index contributed by atoms with van der Waals surface area (Å²) in [5, 5.41) is 16.2. The van der Waals surface area contributed by atoms with Crippen LogP contribution in [0.4, 0.5) is 5.69 Å². The molecule has 1 amide bonds. The first-order valence-corrected chi connectivity index (χ1v) is 8.55. The zero-order chi connectivity index (χ0) is 18.4. The molecule has 1 aliphatic heterocycles. The number of anilines is 1. The highest BCUT2D eigenvalue weighted by Gasteiger charge is 2.23. The molecule has 6 heteroatoms. The molecule has 1 aromatic carbocycles. The molecule has 2 rings (SSSR count). The van der Waals surface area contributed by atoms with E-state index in [4.69, 9.17) is 9.47 Å². The maximum atomic E-state index is 11.7. The summed E-state index contributed by atoms with van der Waals surface area (Å²) in [6.07, 6.45) is 2.02. The van der Waals surface area contributed by atoms with E-state index in [0.29, 0.717) is 43.2 Å². The molecule has 25 heavy (non-hydrogen) atoms. The Bertz CT molecular complexity index is 623. The molecular formula is C19H28N2O4. The maximum absolute atomic E-state index is 11.7. The maximum Gasteiger partial charge on any atom is 0.224 e. The van der Waals surface area contributed by atoms with Gasteiger partial charge in [-0.25, -0.2) is 0 Å². The van der Waals surface area contributed by atoms with Crippen LogP contribution in [0.2, 0.25) is 0 Å². The van der Waals surface area contributed by atoms with Crippen LogP contribution in [0.15, 0.2) is 24.8 Å². The van der Waals surface area contributed by atoms with Gasteiger partial charge in [0.15, 0.2) is 0 Å². The fourth-order valence-corrected chi connectivity index (χ4v) is 2.51. The Balaban J connectivity index is 2.07. The molecule has 0 spiro atoms. The minimum absolute atomic E-state index is 0.0393. The summed E-state index contributed by atoms with van der Waals surface area (Å²) in [6.45, 7) is 10.7. The average molecular weight is 348 g/mol. The summed E-state index contributed by atoms with van der Waals surface area (Å²) in [4.78, 5) is 11.7. The van der Waals surface area contributed by atoms with E-state index in [1.807, 2.05) is 26.8 Å². The fourth-order valence-electron chi connectivity index (χ4n) is 2.51. The van der Waals surface area contributed by atoms with Gasteiger partial charge in [0.05, 0.1) is 5.69 Å².